The van der Waals surface area contributed by atoms with Crippen LogP contribution in [0.2, 0.25) is 0 Å². The van der Waals surface area contributed by atoms with E-state index < -0.39 is 0 Å². The van der Waals surface area contributed by atoms with Crippen molar-refractivity contribution in [3.05, 3.63) is 0 Å². The average molecular weight is 213 g/mol. The van der Waals surface area contributed by atoms with E-state index >= 15 is 0 Å². The molecule has 0 spiro atoms. The van der Waals surface area contributed by atoms with E-state index in [0.29, 0.717) is 13.0 Å². The number of nitrogens with two attached hydrogens (primary N) is 1. The SMILES string of the molecule is CC(C)NC(=O)CC(CN)NCC1CC1. The summed E-state index contributed by atoms with van der Waals surface area (Å²) in [5.74, 6) is 0.913. The number of carbonyl (C=O) groups excluding carboxylic acids is 1. The molecule has 15 heavy (non-hydrogen) atoms. The van der Waals surface area contributed by atoms with Gasteiger partial charge in [0, 0.05) is 25.0 Å². The molecule has 0 aliphatic heterocycles. The van der Waals surface area contributed by atoms with Crippen molar-refractivity contribution in [2.75, 3.05) is 13.1 Å². The highest BCUT2D eigenvalue weighted by Crippen LogP contribution is 2.27. The molecule has 1 aliphatic carbocycles. The summed E-state index contributed by atoms with van der Waals surface area (Å²) in [5, 5.41) is 6.23. The maximum absolute atomic E-state index is 11.5. The molecular weight excluding hydrogens is 190 g/mol. The van der Waals surface area contributed by atoms with Crippen LogP contribution in [-0.2, 0) is 4.79 Å². The minimum atomic E-state index is 0.0868. The van der Waals surface area contributed by atoms with Crippen molar-refractivity contribution in [3.63, 3.8) is 0 Å². The lowest BCUT2D eigenvalue weighted by Crippen LogP contribution is -2.42. The molecule has 88 valence electrons. The van der Waals surface area contributed by atoms with Gasteiger partial charge in [-0.1, -0.05) is 0 Å². The molecule has 1 rings (SSSR count). The predicted octanol–water partition coefficient (Wildman–Crippen LogP) is 0.228. The third kappa shape index (κ3) is 5.74. The van der Waals surface area contributed by atoms with Gasteiger partial charge in [0.15, 0.2) is 0 Å². The van der Waals surface area contributed by atoms with Gasteiger partial charge in [0.1, 0.15) is 0 Å². The molecule has 4 N–H and O–H groups in total. The van der Waals surface area contributed by atoms with Crippen molar-refractivity contribution in [3.8, 4) is 0 Å². The molecule has 0 bridgehead atoms. The normalized spacial score (nSPS) is 17.9. The first-order chi connectivity index (χ1) is 7.11. The molecule has 0 radical (unpaired) electrons. The van der Waals surface area contributed by atoms with Gasteiger partial charge in [-0.15, -0.1) is 0 Å². The Morgan fingerprint density at radius 3 is 2.60 bits per heavy atom. The van der Waals surface area contributed by atoms with Gasteiger partial charge in [-0.2, -0.15) is 0 Å². The highest BCUT2D eigenvalue weighted by molar-refractivity contribution is 5.76. The fourth-order valence-electron chi connectivity index (χ4n) is 1.50. The zero-order valence-corrected chi connectivity index (χ0v) is 9.75. The summed E-state index contributed by atoms with van der Waals surface area (Å²) in [6.07, 6.45) is 3.13. The van der Waals surface area contributed by atoms with E-state index in [2.05, 4.69) is 10.6 Å². The van der Waals surface area contributed by atoms with Crippen LogP contribution >= 0.6 is 0 Å². The number of hydrogen-bond acceptors (Lipinski definition) is 3. The number of rotatable bonds is 7. The number of carbonyl (C=O) groups is 1. The second-order valence-corrected chi connectivity index (χ2v) is 4.71. The first-order valence-electron chi connectivity index (χ1n) is 5.84. The zero-order valence-electron chi connectivity index (χ0n) is 9.75. The predicted molar refractivity (Wildman–Crippen MR) is 61.5 cm³/mol. The summed E-state index contributed by atoms with van der Waals surface area (Å²) in [4.78, 5) is 11.5. The lowest BCUT2D eigenvalue weighted by molar-refractivity contribution is -0.122. The quantitative estimate of drug-likeness (QED) is 0.567. The molecule has 1 fully saturated rings. The zero-order chi connectivity index (χ0) is 11.3. The Balaban J connectivity index is 2.15. The summed E-state index contributed by atoms with van der Waals surface area (Å²) in [7, 11) is 0. The Morgan fingerprint density at radius 2 is 2.13 bits per heavy atom. The molecule has 0 aromatic heterocycles. The van der Waals surface area contributed by atoms with Crippen LogP contribution < -0.4 is 16.4 Å². The third-order valence-electron chi connectivity index (χ3n) is 2.56. The molecule has 0 aromatic carbocycles. The second-order valence-electron chi connectivity index (χ2n) is 4.71. The number of amides is 1. The summed E-state index contributed by atoms with van der Waals surface area (Å²) < 4.78 is 0. The van der Waals surface area contributed by atoms with Gasteiger partial charge in [-0.25, -0.2) is 0 Å². The van der Waals surface area contributed by atoms with E-state index in [-0.39, 0.29) is 18.0 Å². The van der Waals surface area contributed by atoms with E-state index in [0.717, 1.165) is 12.5 Å². The Bertz CT molecular complexity index is 202. The van der Waals surface area contributed by atoms with Crippen LogP contribution in [-0.4, -0.2) is 31.1 Å². The third-order valence-corrected chi connectivity index (χ3v) is 2.56. The van der Waals surface area contributed by atoms with Crippen LogP contribution in [0.3, 0.4) is 0 Å². The lowest BCUT2D eigenvalue weighted by atomic mass is 10.2. The molecule has 1 amide bonds. The largest absolute Gasteiger partial charge is 0.354 e. The van der Waals surface area contributed by atoms with E-state index in [1.54, 1.807) is 0 Å². The van der Waals surface area contributed by atoms with Crippen LogP contribution in [0.1, 0.15) is 33.1 Å². The van der Waals surface area contributed by atoms with Crippen molar-refractivity contribution in [2.45, 2.75) is 45.2 Å². The van der Waals surface area contributed by atoms with Gasteiger partial charge in [0.05, 0.1) is 0 Å². The van der Waals surface area contributed by atoms with Crippen LogP contribution in [0.4, 0.5) is 0 Å². The molecule has 0 aromatic rings. The molecule has 4 nitrogen and oxygen atoms in total. The highest BCUT2D eigenvalue weighted by Gasteiger charge is 2.22. The van der Waals surface area contributed by atoms with Gasteiger partial charge in [0.2, 0.25) is 5.91 Å². The van der Waals surface area contributed by atoms with Gasteiger partial charge in [-0.05, 0) is 39.2 Å². The smallest absolute Gasteiger partial charge is 0.221 e. The second kappa shape index (κ2) is 6.08. The summed E-state index contributed by atoms with van der Waals surface area (Å²) in [6, 6.07) is 0.337. The van der Waals surface area contributed by atoms with Crippen molar-refractivity contribution in [1.82, 2.24) is 10.6 Å². The molecule has 0 saturated heterocycles. The van der Waals surface area contributed by atoms with Gasteiger partial charge in [-0.3, -0.25) is 4.79 Å². The Labute approximate surface area is 92.0 Å². The monoisotopic (exact) mass is 213 g/mol. The minimum Gasteiger partial charge on any atom is -0.354 e. The summed E-state index contributed by atoms with van der Waals surface area (Å²) in [6.45, 7) is 5.47. The Morgan fingerprint density at radius 1 is 1.47 bits per heavy atom. The van der Waals surface area contributed by atoms with Crippen LogP contribution in [0, 0.1) is 5.92 Å². The highest BCUT2D eigenvalue weighted by atomic mass is 16.1. The standard InChI is InChI=1S/C11H23N3O/c1-8(2)14-11(15)5-10(6-12)13-7-9-3-4-9/h8-10,13H,3-7,12H2,1-2H3,(H,14,15). The van der Waals surface area contributed by atoms with Gasteiger partial charge >= 0.3 is 0 Å². The van der Waals surface area contributed by atoms with Crippen molar-refractivity contribution in [1.29, 1.82) is 0 Å². The number of hydrogen-bond donors (Lipinski definition) is 3. The van der Waals surface area contributed by atoms with Gasteiger partial charge in [0.25, 0.3) is 0 Å². The fourth-order valence-corrected chi connectivity index (χ4v) is 1.50. The van der Waals surface area contributed by atoms with Crippen molar-refractivity contribution < 1.29 is 4.79 Å². The van der Waals surface area contributed by atoms with Crippen molar-refractivity contribution in [2.24, 2.45) is 11.7 Å². The van der Waals surface area contributed by atoms with Crippen LogP contribution in [0.5, 0.6) is 0 Å². The first kappa shape index (κ1) is 12.5. The van der Waals surface area contributed by atoms with Crippen LogP contribution in [0.25, 0.3) is 0 Å². The van der Waals surface area contributed by atoms with E-state index in [4.69, 9.17) is 5.73 Å². The fraction of sp³-hybridized carbons (Fsp3) is 0.909. The molecular formula is C11H23N3O. The van der Waals surface area contributed by atoms with E-state index in [1.165, 1.54) is 12.8 Å². The van der Waals surface area contributed by atoms with Crippen LogP contribution in [0.15, 0.2) is 0 Å². The topological polar surface area (TPSA) is 67.2 Å². The summed E-state index contributed by atoms with van der Waals surface area (Å²) >= 11 is 0. The molecule has 1 aliphatic rings. The molecule has 1 saturated carbocycles. The average Bonchev–Trinajstić information content (AvgIpc) is 2.94. The Kier molecular flexibility index (Phi) is 5.05. The molecule has 1 atom stereocenters. The summed E-state index contributed by atoms with van der Waals surface area (Å²) in [5.41, 5.74) is 5.62. The molecule has 4 heteroatoms. The van der Waals surface area contributed by atoms with E-state index in [9.17, 15) is 4.79 Å². The van der Waals surface area contributed by atoms with Crippen molar-refractivity contribution >= 4 is 5.91 Å². The molecule has 1 unspecified atom stereocenters. The first-order valence-corrected chi connectivity index (χ1v) is 5.84. The van der Waals surface area contributed by atoms with Gasteiger partial charge < -0.3 is 16.4 Å². The maximum Gasteiger partial charge on any atom is 0.221 e. The number of nitrogens with one attached hydrogen (secondary N) is 2. The van der Waals surface area contributed by atoms with E-state index in [1.807, 2.05) is 13.8 Å². The maximum atomic E-state index is 11.5. The minimum absolute atomic E-state index is 0.0868. The Hall–Kier alpha value is -0.610. The lowest BCUT2D eigenvalue weighted by Gasteiger charge is -2.17. The molecule has 0 heterocycles.